The molecule has 0 aliphatic heterocycles. The number of alkyl halides is 4. The molecule has 1 heterocycles. The van der Waals surface area contributed by atoms with Crippen LogP contribution in [-0.4, -0.2) is 0 Å². The van der Waals surface area contributed by atoms with Crippen molar-refractivity contribution in [2.45, 2.75) is 11.6 Å². The summed E-state index contributed by atoms with van der Waals surface area (Å²) in [6.07, 6.45) is -4.72. The molecule has 6 heteroatoms. The zero-order chi connectivity index (χ0) is 13.3. The maximum atomic E-state index is 13.1. The van der Waals surface area contributed by atoms with Crippen LogP contribution < -0.4 is 0 Å². The van der Waals surface area contributed by atoms with Crippen LogP contribution in [0.5, 0.6) is 0 Å². The van der Waals surface area contributed by atoms with Gasteiger partial charge >= 0.3 is 6.18 Å². The molecule has 0 amide bonds. The second kappa shape index (κ2) is 4.90. The van der Waals surface area contributed by atoms with E-state index in [1.807, 2.05) is 0 Å². The highest BCUT2D eigenvalue weighted by molar-refractivity contribution is 7.10. The highest BCUT2D eigenvalue weighted by Gasteiger charge is 2.34. The van der Waals surface area contributed by atoms with Gasteiger partial charge in [0.05, 0.1) is 10.9 Å². The lowest BCUT2D eigenvalue weighted by Gasteiger charge is -2.12. The number of hydrogen-bond acceptors (Lipinski definition) is 1. The minimum absolute atomic E-state index is 0.229. The summed E-state index contributed by atoms with van der Waals surface area (Å²) < 4.78 is 50.8. The molecule has 1 aromatic carbocycles. The Morgan fingerprint density at radius 2 is 1.89 bits per heavy atom. The summed E-state index contributed by atoms with van der Waals surface area (Å²) >= 11 is 7.40. The molecule has 2 rings (SSSR count). The summed E-state index contributed by atoms with van der Waals surface area (Å²) in [7, 11) is 0. The largest absolute Gasteiger partial charge is 0.419 e. The van der Waals surface area contributed by atoms with Gasteiger partial charge in [-0.3, -0.25) is 0 Å². The second-order valence-electron chi connectivity index (χ2n) is 3.62. The van der Waals surface area contributed by atoms with Crippen molar-refractivity contribution in [1.29, 1.82) is 0 Å². The molecule has 96 valence electrons. The van der Waals surface area contributed by atoms with Crippen molar-refractivity contribution in [3.8, 4) is 0 Å². The molecule has 1 aromatic heterocycles. The molecule has 0 radical (unpaired) electrons. The minimum atomic E-state index is -4.72. The van der Waals surface area contributed by atoms with Gasteiger partial charge in [-0.15, -0.1) is 22.9 Å². The molecule has 1 atom stereocenters. The van der Waals surface area contributed by atoms with E-state index in [9.17, 15) is 17.6 Å². The molecule has 2 aromatic rings. The Kier molecular flexibility index (Phi) is 3.64. The SMILES string of the molecule is Fc1ccc(C(Cl)c2cccs2)cc1C(F)(F)F. The zero-order valence-electron chi connectivity index (χ0n) is 8.84. The van der Waals surface area contributed by atoms with Gasteiger partial charge in [0, 0.05) is 4.88 Å². The maximum Gasteiger partial charge on any atom is 0.419 e. The van der Waals surface area contributed by atoms with E-state index in [4.69, 9.17) is 11.6 Å². The van der Waals surface area contributed by atoms with Crippen LogP contribution >= 0.6 is 22.9 Å². The van der Waals surface area contributed by atoms with Crippen molar-refractivity contribution in [2.75, 3.05) is 0 Å². The van der Waals surface area contributed by atoms with Gasteiger partial charge in [0.25, 0.3) is 0 Å². The van der Waals surface area contributed by atoms with Gasteiger partial charge in [0.15, 0.2) is 0 Å². The van der Waals surface area contributed by atoms with Crippen molar-refractivity contribution in [1.82, 2.24) is 0 Å². The third-order valence-corrected chi connectivity index (χ3v) is 3.94. The summed E-state index contributed by atoms with van der Waals surface area (Å²) in [4.78, 5) is 0.719. The first kappa shape index (κ1) is 13.4. The summed E-state index contributed by atoms with van der Waals surface area (Å²) in [5.74, 6) is -1.29. The third-order valence-electron chi connectivity index (χ3n) is 2.38. The average molecular weight is 295 g/mol. The molecule has 1 unspecified atom stereocenters. The van der Waals surface area contributed by atoms with E-state index in [0.717, 1.165) is 17.0 Å². The molecule has 0 spiro atoms. The lowest BCUT2D eigenvalue weighted by molar-refractivity contribution is -0.140. The lowest BCUT2D eigenvalue weighted by atomic mass is 10.1. The van der Waals surface area contributed by atoms with Crippen molar-refractivity contribution >= 4 is 22.9 Å². The van der Waals surface area contributed by atoms with Gasteiger partial charge in [-0.2, -0.15) is 13.2 Å². The molecule has 0 N–H and O–H groups in total. The Balaban J connectivity index is 2.42. The van der Waals surface area contributed by atoms with Crippen LogP contribution in [0.3, 0.4) is 0 Å². The van der Waals surface area contributed by atoms with E-state index in [0.29, 0.717) is 0 Å². The number of rotatable bonds is 2. The molecule has 0 saturated heterocycles. The molecule has 0 aliphatic carbocycles. The van der Waals surface area contributed by atoms with Crippen molar-refractivity contribution in [2.24, 2.45) is 0 Å². The highest BCUT2D eigenvalue weighted by atomic mass is 35.5. The number of halogens is 5. The Hall–Kier alpha value is -1.07. The van der Waals surface area contributed by atoms with E-state index >= 15 is 0 Å². The topological polar surface area (TPSA) is 0 Å². The Bertz CT molecular complexity index is 534. The molecule has 0 bridgehead atoms. The number of hydrogen-bond donors (Lipinski definition) is 0. The van der Waals surface area contributed by atoms with Gasteiger partial charge in [0.1, 0.15) is 5.82 Å². The summed E-state index contributed by atoms with van der Waals surface area (Å²) in [6.45, 7) is 0. The fourth-order valence-electron chi connectivity index (χ4n) is 1.52. The Labute approximate surface area is 110 Å². The van der Waals surface area contributed by atoms with Gasteiger partial charge in [-0.1, -0.05) is 12.1 Å². The smallest absolute Gasteiger partial charge is 0.206 e. The molecule has 0 saturated carbocycles. The van der Waals surface area contributed by atoms with Crippen LogP contribution in [0.4, 0.5) is 17.6 Å². The second-order valence-corrected chi connectivity index (χ2v) is 5.03. The summed E-state index contributed by atoms with van der Waals surface area (Å²) in [5, 5.41) is 1.07. The van der Waals surface area contributed by atoms with Crippen molar-refractivity contribution < 1.29 is 17.6 Å². The molecular formula is C12H7ClF4S. The minimum Gasteiger partial charge on any atom is -0.206 e. The van der Waals surface area contributed by atoms with Crippen LogP contribution in [-0.2, 0) is 6.18 Å². The third kappa shape index (κ3) is 2.67. The normalized spacial score (nSPS) is 13.6. The van der Waals surface area contributed by atoms with Crippen molar-refractivity contribution in [3.05, 3.63) is 57.5 Å². The van der Waals surface area contributed by atoms with E-state index in [-0.39, 0.29) is 5.56 Å². The van der Waals surface area contributed by atoms with E-state index in [2.05, 4.69) is 0 Å². The van der Waals surface area contributed by atoms with Gasteiger partial charge in [-0.05, 0) is 29.1 Å². The van der Waals surface area contributed by atoms with Crippen LogP contribution in [0.1, 0.15) is 21.4 Å². The average Bonchev–Trinajstić information content (AvgIpc) is 2.80. The van der Waals surface area contributed by atoms with Crippen LogP contribution in [0.25, 0.3) is 0 Å². The summed E-state index contributed by atoms with van der Waals surface area (Å²) in [5.41, 5.74) is -1.06. The van der Waals surface area contributed by atoms with Crippen LogP contribution in [0.2, 0.25) is 0 Å². The number of benzene rings is 1. The van der Waals surface area contributed by atoms with E-state index < -0.39 is 22.9 Å². The molecule has 0 nitrogen and oxygen atoms in total. The van der Waals surface area contributed by atoms with Crippen molar-refractivity contribution in [3.63, 3.8) is 0 Å². The number of thiophene rings is 1. The molecule has 18 heavy (non-hydrogen) atoms. The van der Waals surface area contributed by atoms with Crippen LogP contribution in [0.15, 0.2) is 35.7 Å². The van der Waals surface area contributed by atoms with Gasteiger partial charge in [-0.25, -0.2) is 4.39 Å². The lowest BCUT2D eigenvalue weighted by Crippen LogP contribution is -2.09. The molecule has 0 aliphatic rings. The fourth-order valence-corrected chi connectivity index (χ4v) is 2.61. The highest BCUT2D eigenvalue weighted by Crippen LogP contribution is 2.37. The Morgan fingerprint density at radius 1 is 1.17 bits per heavy atom. The van der Waals surface area contributed by atoms with E-state index in [1.54, 1.807) is 17.5 Å². The molecular weight excluding hydrogens is 288 g/mol. The first-order valence-corrected chi connectivity index (χ1v) is 6.25. The predicted molar refractivity (Wildman–Crippen MR) is 63.4 cm³/mol. The maximum absolute atomic E-state index is 13.1. The summed E-state index contributed by atoms with van der Waals surface area (Å²) in [6, 6.07) is 6.29. The fraction of sp³-hybridized carbons (Fsp3) is 0.167. The standard InChI is InChI=1S/C12H7ClF4S/c13-11(10-2-1-5-18-10)7-3-4-9(14)8(6-7)12(15,16)17/h1-6,11H. The van der Waals surface area contributed by atoms with Gasteiger partial charge < -0.3 is 0 Å². The quantitative estimate of drug-likeness (QED) is 0.525. The van der Waals surface area contributed by atoms with E-state index in [1.165, 1.54) is 17.4 Å². The van der Waals surface area contributed by atoms with Gasteiger partial charge in [0.2, 0.25) is 0 Å². The monoisotopic (exact) mass is 294 g/mol. The first-order valence-electron chi connectivity index (χ1n) is 4.93. The molecule has 0 fully saturated rings. The Morgan fingerprint density at radius 3 is 2.44 bits per heavy atom. The predicted octanol–water partition coefficient (Wildman–Crippen LogP) is 5.23. The zero-order valence-corrected chi connectivity index (χ0v) is 10.4. The van der Waals surface area contributed by atoms with Crippen LogP contribution in [0, 0.1) is 5.82 Å². The first-order chi connectivity index (χ1) is 8.39.